The molecular weight excluding hydrogens is 257 g/mol. The quantitative estimate of drug-likeness (QED) is 0.792. The van der Waals surface area contributed by atoms with Crippen molar-refractivity contribution in [1.29, 1.82) is 0 Å². The predicted octanol–water partition coefficient (Wildman–Crippen LogP) is 3.70. The lowest BCUT2D eigenvalue weighted by molar-refractivity contribution is 0.272. The van der Waals surface area contributed by atoms with Gasteiger partial charge in [-0.2, -0.15) is 0 Å². The minimum absolute atomic E-state index is 0. The maximum atomic E-state index is 6.25. The number of nitrogens with two attached hydrogens (primary N) is 1. The first-order valence-corrected chi connectivity index (χ1v) is 5.74. The van der Waals surface area contributed by atoms with Crippen molar-refractivity contribution in [1.82, 2.24) is 0 Å². The molecule has 1 aliphatic heterocycles. The largest absolute Gasteiger partial charge is 0.493 e. The van der Waals surface area contributed by atoms with Crippen LogP contribution in [-0.2, 0) is 0 Å². The Balaban J connectivity index is 0.00000108. The number of benzene rings is 2. The molecule has 90 valence electrons. The van der Waals surface area contributed by atoms with Gasteiger partial charge in [0.15, 0.2) is 0 Å². The van der Waals surface area contributed by atoms with E-state index in [0.717, 1.165) is 33.5 Å². The van der Waals surface area contributed by atoms with E-state index < -0.39 is 0 Å². The van der Waals surface area contributed by atoms with Crippen molar-refractivity contribution < 1.29 is 4.74 Å². The third kappa shape index (κ3) is 1.97. The van der Waals surface area contributed by atoms with Gasteiger partial charge in [-0.1, -0.05) is 35.9 Å². The zero-order valence-corrected chi connectivity index (χ0v) is 10.7. The summed E-state index contributed by atoms with van der Waals surface area (Å²) in [7, 11) is 0. The van der Waals surface area contributed by atoms with E-state index >= 15 is 0 Å². The van der Waals surface area contributed by atoms with Crippen molar-refractivity contribution in [2.24, 2.45) is 5.73 Å². The predicted molar refractivity (Wildman–Crippen MR) is 73.2 cm³/mol. The topological polar surface area (TPSA) is 35.2 Å². The molecule has 0 radical (unpaired) electrons. The minimum atomic E-state index is 0. The van der Waals surface area contributed by atoms with Crippen LogP contribution in [0.4, 0.5) is 0 Å². The van der Waals surface area contributed by atoms with Gasteiger partial charge in [-0.25, -0.2) is 0 Å². The molecule has 0 amide bonds. The Bertz CT molecular complexity index is 556. The Morgan fingerprint density at radius 1 is 1.24 bits per heavy atom. The highest BCUT2D eigenvalue weighted by Crippen LogP contribution is 2.40. The first kappa shape index (κ1) is 12.5. The van der Waals surface area contributed by atoms with Gasteiger partial charge in [0.05, 0.1) is 6.61 Å². The van der Waals surface area contributed by atoms with Gasteiger partial charge in [0, 0.05) is 33.8 Å². The van der Waals surface area contributed by atoms with Crippen LogP contribution in [0.15, 0.2) is 30.3 Å². The summed E-state index contributed by atoms with van der Waals surface area (Å²) in [5.41, 5.74) is 7.09. The third-order valence-electron chi connectivity index (χ3n) is 3.05. The van der Waals surface area contributed by atoms with Crippen molar-refractivity contribution in [3.63, 3.8) is 0 Å². The van der Waals surface area contributed by atoms with E-state index in [2.05, 4.69) is 0 Å². The van der Waals surface area contributed by atoms with Crippen LogP contribution < -0.4 is 10.5 Å². The average Bonchev–Trinajstić information content (AvgIpc) is 2.31. The van der Waals surface area contributed by atoms with E-state index in [9.17, 15) is 0 Å². The molecule has 2 aromatic carbocycles. The molecule has 0 unspecified atom stereocenters. The lowest BCUT2D eigenvalue weighted by Gasteiger charge is -2.24. The smallest absolute Gasteiger partial charge is 0.131 e. The van der Waals surface area contributed by atoms with E-state index in [4.69, 9.17) is 22.1 Å². The Morgan fingerprint density at radius 3 is 2.71 bits per heavy atom. The molecular formula is C13H13Cl2NO. The van der Waals surface area contributed by atoms with Crippen molar-refractivity contribution in [2.45, 2.75) is 12.5 Å². The summed E-state index contributed by atoms with van der Waals surface area (Å²) in [4.78, 5) is 0. The summed E-state index contributed by atoms with van der Waals surface area (Å²) in [5, 5.41) is 2.83. The van der Waals surface area contributed by atoms with E-state index in [0.29, 0.717) is 6.61 Å². The number of halogens is 2. The molecule has 2 aromatic rings. The number of ether oxygens (including phenoxy) is 1. The summed E-state index contributed by atoms with van der Waals surface area (Å²) < 4.78 is 5.72. The van der Waals surface area contributed by atoms with Crippen LogP contribution in [0.3, 0.4) is 0 Å². The monoisotopic (exact) mass is 269 g/mol. The van der Waals surface area contributed by atoms with Gasteiger partial charge in [-0.3, -0.25) is 0 Å². The van der Waals surface area contributed by atoms with Crippen LogP contribution in [0.5, 0.6) is 5.75 Å². The van der Waals surface area contributed by atoms with Gasteiger partial charge < -0.3 is 10.5 Å². The highest BCUT2D eigenvalue weighted by Gasteiger charge is 2.21. The van der Waals surface area contributed by atoms with E-state index in [1.807, 2.05) is 30.3 Å². The standard InChI is InChI=1S/C13H12ClNO.ClH/c14-11-7-10-12(15)5-6-16-13(10)9-4-2-1-3-8(9)11;/h1-4,7,12H,5-6,15H2;1H/t12-;/m0./s1. The summed E-state index contributed by atoms with van der Waals surface area (Å²) in [5.74, 6) is 0.902. The van der Waals surface area contributed by atoms with Crippen LogP contribution >= 0.6 is 24.0 Å². The number of hydrogen-bond acceptors (Lipinski definition) is 2. The van der Waals surface area contributed by atoms with Crippen molar-refractivity contribution in [3.05, 3.63) is 40.9 Å². The second-order valence-electron chi connectivity index (χ2n) is 4.07. The molecule has 2 nitrogen and oxygen atoms in total. The SMILES string of the molecule is Cl.N[C@H]1CCOc2c1cc(Cl)c1ccccc21. The molecule has 1 atom stereocenters. The van der Waals surface area contributed by atoms with Crippen LogP contribution in [0, 0.1) is 0 Å². The lowest BCUT2D eigenvalue weighted by atomic mass is 9.97. The molecule has 0 aliphatic carbocycles. The fourth-order valence-electron chi connectivity index (χ4n) is 2.20. The van der Waals surface area contributed by atoms with Crippen LogP contribution in [-0.4, -0.2) is 6.61 Å². The molecule has 1 heterocycles. The van der Waals surface area contributed by atoms with Gasteiger partial charge >= 0.3 is 0 Å². The Hall–Kier alpha value is -0.960. The van der Waals surface area contributed by atoms with Gasteiger partial charge in [-0.05, 0) is 6.07 Å². The highest BCUT2D eigenvalue weighted by molar-refractivity contribution is 6.36. The maximum Gasteiger partial charge on any atom is 0.131 e. The fraction of sp³-hybridized carbons (Fsp3) is 0.231. The zero-order chi connectivity index (χ0) is 11.1. The average molecular weight is 270 g/mol. The van der Waals surface area contributed by atoms with Crippen LogP contribution in [0.25, 0.3) is 10.8 Å². The Morgan fingerprint density at radius 2 is 1.94 bits per heavy atom. The zero-order valence-electron chi connectivity index (χ0n) is 9.15. The molecule has 0 bridgehead atoms. The van der Waals surface area contributed by atoms with Gasteiger partial charge in [-0.15, -0.1) is 12.4 Å². The molecule has 0 spiro atoms. The molecule has 4 heteroatoms. The third-order valence-corrected chi connectivity index (χ3v) is 3.36. The minimum Gasteiger partial charge on any atom is -0.493 e. The Labute approximate surface area is 111 Å². The van der Waals surface area contributed by atoms with Crippen molar-refractivity contribution >= 4 is 34.8 Å². The van der Waals surface area contributed by atoms with Crippen LogP contribution in [0.1, 0.15) is 18.0 Å². The molecule has 0 saturated carbocycles. The molecule has 0 fully saturated rings. The summed E-state index contributed by atoms with van der Waals surface area (Å²) in [6.07, 6.45) is 0.849. The molecule has 3 rings (SSSR count). The number of fused-ring (bicyclic) bond motifs is 3. The summed E-state index contributed by atoms with van der Waals surface area (Å²) in [6.45, 7) is 0.680. The first-order valence-electron chi connectivity index (χ1n) is 5.37. The molecule has 0 saturated heterocycles. The Kier molecular flexibility index (Phi) is 3.48. The van der Waals surface area contributed by atoms with E-state index in [1.165, 1.54) is 0 Å². The van der Waals surface area contributed by atoms with Gasteiger partial charge in [0.25, 0.3) is 0 Å². The second-order valence-corrected chi connectivity index (χ2v) is 4.47. The van der Waals surface area contributed by atoms with Crippen molar-refractivity contribution in [3.8, 4) is 5.75 Å². The molecule has 2 N–H and O–H groups in total. The highest BCUT2D eigenvalue weighted by atomic mass is 35.5. The first-order chi connectivity index (χ1) is 7.77. The summed E-state index contributed by atoms with van der Waals surface area (Å²) in [6, 6.07) is 9.96. The normalized spacial score (nSPS) is 18.1. The van der Waals surface area contributed by atoms with Crippen LogP contribution in [0.2, 0.25) is 5.02 Å². The van der Waals surface area contributed by atoms with Crippen molar-refractivity contribution in [2.75, 3.05) is 6.61 Å². The molecule has 1 aliphatic rings. The van der Waals surface area contributed by atoms with E-state index in [1.54, 1.807) is 0 Å². The van der Waals surface area contributed by atoms with E-state index in [-0.39, 0.29) is 18.4 Å². The lowest BCUT2D eigenvalue weighted by Crippen LogP contribution is -2.20. The number of hydrogen-bond donors (Lipinski definition) is 1. The van der Waals surface area contributed by atoms with Gasteiger partial charge in [0.2, 0.25) is 0 Å². The fourth-order valence-corrected chi connectivity index (χ4v) is 2.49. The maximum absolute atomic E-state index is 6.25. The van der Waals surface area contributed by atoms with Gasteiger partial charge in [0.1, 0.15) is 5.75 Å². The summed E-state index contributed by atoms with van der Waals surface area (Å²) >= 11 is 6.25. The number of rotatable bonds is 0. The molecule has 17 heavy (non-hydrogen) atoms. The molecule has 0 aromatic heterocycles. The second kappa shape index (κ2) is 4.73.